The summed E-state index contributed by atoms with van der Waals surface area (Å²) in [4.78, 5) is 24.0. The molecular weight excluding hydrogens is 224 g/mol. The van der Waals surface area contributed by atoms with Gasteiger partial charge in [0.15, 0.2) is 0 Å². The Balaban J connectivity index is 2.89. The van der Waals surface area contributed by atoms with Crippen LogP contribution in [0, 0.1) is 0 Å². The van der Waals surface area contributed by atoms with Gasteiger partial charge in [0.2, 0.25) is 0 Å². The molecule has 2 N–H and O–H groups in total. The monoisotopic (exact) mass is 240 g/mol. The summed E-state index contributed by atoms with van der Waals surface area (Å²) in [5.41, 5.74) is 0.301. The van der Waals surface area contributed by atoms with Crippen molar-refractivity contribution < 1.29 is 19.8 Å². The van der Waals surface area contributed by atoms with Gasteiger partial charge in [-0.1, -0.05) is 0 Å². The number of amides is 1. The minimum atomic E-state index is -1.01. The van der Waals surface area contributed by atoms with Crippen LogP contribution in [0.15, 0.2) is 18.3 Å². The Kier molecular flexibility index (Phi) is 4.28. The third-order valence-corrected chi connectivity index (χ3v) is 2.60. The maximum absolute atomic E-state index is 12.0. The van der Waals surface area contributed by atoms with Crippen molar-refractivity contribution in [3.05, 3.63) is 24.0 Å². The maximum Gasteiger partial charge on any atom is 0.323 e. The summed E-state index contributed by atoms with van der Waals surface area (Å²) in [5.74, 6) is -1.31. The van der Waals surface area contributed by atoms with E-state index in [0.29, 0.717) is 5.69 Å². The SMILES string of the molecule is CC(CO)N(C)C(=O)c1cccn1CC(=O)O. The highest BCUT2D eigenvalue weighted by Gasteiger charge is 2.20. The Morgan fingerprint density at radius 2 is 2.18 bits per heavy atom. The first kappa shape index (κ1) is 13.2. The Labute approximate surface area is 99.1 Å². The Morgan fingerprint density at radius 3 is 2.71 bits per heavy atom. The first-order chi connectivity index (χ1) is 7.97. The smallest absolute Gasteiger partial charge is 0.323 e. The number of carbonyl (C=O) groups is 2. The topological polar surface area (TPSA) is 82.8 Å². The number of rotatable bonds is 5. The van der Waals surface area contributed by atoms with Gasteiger partial charge < -0.3 is 19.7 Å². The molecule has 17 heavy (non-hydrogen) atoms. The van der Waals surface area contributed by atoms with Crippen LogP contribution in [-0.4, -0.2) is 51.3 Å². The fraction of sp³-hybridized carbons (Fsp3) is 0.455. The lowest BCUT2D eigenvalue weighted by atomic mass is 10.3. The van der Waals surface area contributed by atoms with E-state index in [2.05, 4.69) is 0 Å². The van der Waals surface area contributed by atoms with E-state index in [1.54, 1.807) is 32.3 Å². The van der Waals surface area contributed by atoms with Crippen molar-refractivity contribution in [2.24, 2.45) is 0 Å². The number of carboxylic acid groups (broad SMARTS) is 1. The number of carboxylic acids is 1. The fourth-order valence-corrected chi connectivity index (χ4v) is 1.40. The van der Waals surface area contributed by atoms with E-state index in [1.165, 1.54) is 9.47 Å². The van der Waals surface area contributed by atoms with Crippen molar-refractivity contribution in [2.75, 3.05) is 13.7 Å². The molecule has 94 valence electrons. The van der Waals surface area contributed by atoms with Gasteiger partial charge in [-0.2, -0.15) is 0 Å². The van der Waals surface area contributed by atoms with Crippen LogP contribution < -0.4 is 0 Å². The van der Waals surface area contributed by atoms with Gasteiger partial charge in [0.25, 0.3) is 5.91 Å². The van der Waals surface area contributed by atoms with E-state index in [1.807, 2.05) is 0 Å². The molecule has 1 unspecified atom stereocenters. The molecule has 1 aromatic heterocycles. The summed E-state index contributed by atoms with van der Waals surface area (Å²) >= 11 is 0. The summed E-state index contributed by atoms with van der Waals surface area (Å²) in [6.45, 7) is 1.32. The first-order valence-corrected chi connectivity index (χ1v) is 5.22. The molecule has 0 aromatic carbocycles. The number of aliphatic hydroxyl groups excluding tert-OH is 1. The number of hydrogen-bond donors (Lipinski definition) is 2. The van der Waals surface area contributed by atoms with Crippen LogP contribution in [0.2, 0.25) is 0 Å². The Bertz CT molecular complexity index is 413. The van der Waals surface area contributed by atoms with Gasteiger partial charge in [0, 0.05) is 13.2 Å². The zero-order valence-corrected chi connectivity index (χ0v) is 9.83. The van der Waals surface area contributed by atoms with Gasteiger partial charge >= 0.3 is 5.97 Å². The zero-order chi connectivity index (χ0) is 13.0. The molecule has 0 bridgehead atoms. The molecular formula is C11H16N2O4. The van der Waals surface area contributed by atoms with Crippen LogP contribution in [0.1, 0.15) is 17.4 Å². The number of aliphatic hydroxyl groups is 1. The summed E-state index contributed by atoms with van der Waals surface area (Å²) in [7, 11) is 1.57. The molecule has 0 aliphatic rings. The lowest BCUT2D eigenvalue weighted by Gasteiger charge is -2.23. The highest BCUT2D eigenvalue weighted by atomic mass is 16.4. The molecule has 0 radical (unpaired) electrons. The molecule has 0 spiro atoms. The second kappa shape index (κ2) is 5.49. The number of nitrogens with zero attached hydrogens (tertiary/aromatic N) is 2. The lowest BCUT2D eigenvalue weighted by Crippen LogP contribution is -2.38. The second-order valence-electron chi connectivity index (χ2n) is 3.86. The predicted molar refractivity (Wildman–Crippen MR) is 60.7 cm³/mol. The van der Waals surface area contributed by atoms with Gasteiger partial charge in [-0.3, -0.25) is 9.59 Å². The van der Waals surface area contributed by atoms with Crippen LogP contribution in [0.4, 0.5) is 0 Å². The standard InChI is InChI=1S/C11H16N2O4/c1-8(7-14)12(2)11(17)9-4-3-5-13(9)6-10(15)16/h3-5,8,14H,6-7H2,1-2H3,(H,15,16). The van der Waals surface area contributed by atoms with Gasteiger partial charge in [-0.05, 0) is 19.1 Å². The predicted octanol–water partition coefficient (Wildman–Crippen LogP) is 0.0255. The molecule has 0 saturated heterocycles. The fourth-order valence-electron chi connectivity index (χ4n) is 1.40. The van der Waals surface area contributed by atoms with Crippen LogP contribution in [0.25, 0.3) is 0 Å². The van der Waals surface area contributed by atoms with E-state index in [0.717, 1.165) is 0 Å². The minimum absolute atomic E-state index is 0.137. The molecule has 1 heterocycles. The normalized spacial score (nSPS) is 12.2. The van der Waals surface area contributed by atoms with Gasteiger partial charge in [0.1, 0.15) is 12.2 Å². The highest BCUT2D eigenvalue weighted by Crippen LogP contribution is 2.08. The van der Waals surface area contributed by atoms with Crippen LogP contribution >= 0.6 is 0 Å². The van der Waals surface area contributed by atoms with Crippen LogP contribution in [0.3, 0.4) is 0 Å². The Morgan fingerprint density at radius 1 is 1.53 bits per heavy atom. The van der Waals surface area contributed by atoms with Crippen molar-refractivity contribution in [3.8, 4) is 0 Å². The van der Waals surface area contributed by atoms with E-state index in [4.69, 9.17) is 10.2 Å². The largest absolute Gasteiger partial charge is 0.480 e. The Hall–Kier alpha value is -1.82. The van der Waals surface area contributed by atoms with Gasteiger partial charge in [0.05, 0.1) is 12.6 Å². The van der Waals surface area contributed by atoms with E-state index >= 15 is 0 Å². The summed E-state index contributed by atoms with van der Waals surface area (Å²) in [5, 5.41) is 17.7. The second-order valence-corrected chi connectivity index (χ2v) is 3.86. The summed E-state index contributed by atoms with van der Waals surface area (Å²) < 4.78 is 1.37. The van der Waals surface area contributed by atoms with E-state index in [-0.39, 0.29) is 25.1 Å². The van der Waals surface area contributed by atoms with Crippen LogP contribution in [0.5, 0.6) is 0 Å². The van der Waals surface area contributed by atoms with Crippen molar-refractivity contribution in [2.45, 2.75) is 19.5 Å². The summed E-state index contributed by atoms with van der Waals surface area (Å²) in [6, 6.07) is 2.87. The molecule has 0 fully saturated rings. The zero-order valence-electron chi connectivity index (χ0n) is 9.83. The average molecular weight is 240 g/mol. The number of aliphatic carboxylic acids is 1. The van der Waals surface area contributed by atoms with E-state index < -0.39 is 5.97 Å². The molecule has 0 saturated carbocycles. The van der Waals surface area contributed by atoms with Crippen molar-refractivity contribution in [3.63, 3.8) is 0 Å². The average Bonchev–Trinajstić information content (AvgIpc) is 2.73. The maximum atomic E-state index is 12.0. The number of carbonyl (C=O) groups excluding carboxylic acids is 1. The molecule has 6 nitrogen and oxygen atoms in total. The highest BCUT2D eigenvalue weighted by molar-refractivity contribution is 5.93. The number of aromatic nitrogens is 1. The van der Waals surface area contributed by atoms with Gasteiger partial charge in [-0.25, -0.2) is 0 Å². The minimum Gasteiger partial charge on any atom is -0.480 e. The molecule has 0 aliphatic heterocycles. The quantitative estimate of drug-likeness (QED) is 0.760. The molecule has 1 amide bonds. The molecule has 0 aliphatic carbocycles. The third kappa shape index (κ3) is 3.07. The van der Waals surface area contributed by atoms with Gasteiger partial charge in [-0.15, -0.1) is 0 Å². The third-order valence-electron chi connectivity index (χ3n) is 2.60. The number of likely N-dealkylation sites (N-methyl/N-ethyl adjacent to an activating group) is 1. The van der Waals surface area contributed by atoms with Crippen molar-refractivity contribution >= 4 is 11.9 Å². The molecule has 6 heteroatoms. The van der Waals surface area contributed by atoms with Crippen molar-refractivity contribution in [1.82, 2.24) is 9.47 Å². The molecule has 1 atom stereocenters. The number of hydrogen-bond acceptors (Lipinski definition) is 3. The first-order valence-electron chi connectivity index (χ1n) is 5.22. The van der Waals surface area contributed by atoms with Crippen molar-refractivity contribution in [1.29, 1.82) is 0 Å². The molecule has 1 aromatic rings. The summed E-state index contributed by atoms with van der Waals surface area (Å²) in [6.07, 6.45) is 1.54. The van der Waals surface area contributed by atoms with Crippen LogP contribution in [-0.2, 0) is 11.3 Å². The van der Waals surface area contributed by atoms with E-state index in [9.17, 15) is 9.59 Å². The molecule has 1 rings (SSSR count). The lowest BCUT2D eigenvalue weighted by molar-refractivity contribution is -0.137.